The van der Waals surface area contributed by atoms with Gasteiger partial charge in [-0.3, -0.25) is 0 Å². The van der Waals surface area contributed by atoms with E-state index in [1.54, 1.807) is 4.90 Å². The van der Waals surface area contributed by atoms with Gasteiger partial charge in [-0.05, 0) is 35.2 Å². The van der Waals surface area contributed by atoms with E-state index in [1.165, 1.54) is 7.11 Å². The van der Waals surface area contributed by atoms with Crippen LogP contribution in [0.4, 0.5) is 4.79 Å². The number of hydrogen-bond acceptors (Lipinski definition) is 4. The molecule has 0 aliphatic carbocycles. The number of carbonyl (C=O) groups excluding carboxylic acids is 2. The number of methoxy groups -OCH3 is 1. The van der Waals surface area contributed by atoms with Gasteiger partial charge in [-0.25, -0.2) is 9.59 Å². The van der Waals surface area contributed by atoms with Crippen molar-refractivity contribution >= 4 is 28.0 Å². The largest absolute Gasteiger partial charge is 0.466 e. The summed E-state index contributed by atoms with van der Waals surface area (Å²) in [4.78, 5) is 24.1. The second-order valence-electron chi connectivity index (χ2n) is 3.27. The number of alkyl halides is 1. The van der Waals surface area contributed by atoms with Gasteiger partial charge in [-0.2, -0.15) is 0 Å². The Morgan fingerprint density at radius 2 is 1.87 bits per heavy atom. The van der Waals surface area contributed by atoms with Gasteiger partial charge >= 0.3 is 12.1 Å². The van der Waals surface area contributed by atoms with Gasteiger partial charge in [0.2, 0.25) is 0 Å². The number of piperidine rings is 1. The number of hydrogen-bond donors (Lipinski definition) is 0. The van der Waals surface area contributed by atoms with E-state index in [0.29, 0.717) is 13.1 Å². The third kappa shape index (κ3) is 3.70. The van der Waals surface area contributed by atoms with Crippen molar-refractivity contribution in [3.8, 4) is 0 Å². The highest BCUT2D eigenvalue weighted by Gasteiger charge is 2.24. The minimum atomic E-state index is -1.02. The molecule has 0 radical (unpaired) electrons. The number of nitrogens with zero attached hydrogens (tertiary/aromatic N) is 1. The summed E-state index contributed by atoms with van der Waals surface area (Å²) in [6.07, 6.45) is 2.64. The molecule has 1 saturated heterocycles. The first-order valence-corrected chi connectivity index (χ1v) is 5.74. The van der Waals surface area contributed by atoms with E-state index in [0.717, 1.165) is 19.3 Å². The molecular formula is C9H14BrNO4. The van der Waals surface area contributed by atoms with Crippen LogP contribution in [0.2, 0.25) is 0 Å². The Morgan fingerprint density at radius 3 is 2.40 bits per heavy atom. The molecule has 0 N–H and O–H groups in total. The summed E-state index contributed by atoms with van der Waals surface area (Å²) in [5.74, 6) is -0.611. The lowest BCUT2D eigenvalue weighted by atomic mass is 10.1. The minimum Gasteiger partial charge on any atom is -0.466 e. The number of carbonyl (C=O) groups is 2. The molecule has 1 heterocycles. The first-order chi connectivity index (χ1) is 7.15. The molecule has 0 bridgehead atoms. The minimum absolute atomic E-state index is 0.470. The lowest BCUT2D eigenvalue weighted by molar-refractivity contribution is -0.145. The summed E-state index contributed by atoms with van der Waals surface area (Å²) >= 11 is 2.93. The Hall–Kier alpha value is -0.780. The molecule has 0 aromatic heterocycles. The van der Waals surface area contributed by atoms with Gasteiger partial charge in [0.05, 0.1) is 7.11 Å². The van der Waals surface area contributed by atoms with E-state index in [-0.39, 0.29) is 0 Å². The Kier molecular flexibility index (Phi) is 4.87. The van der Waals surface area contributed by atoms with E-state index in [1.807, 2.05) is 0 Å². The maximum Gasteiger partial charge on any atom is 0.411 e. The molecule has 1 rings (SSSR count). The number of ether oxygens (including phenoxy) is 2. The molecule has 1 amide bonds. The molecule has 1 aliphatic heterocycles. The quantitative estimate of drug-likeness (QED) is 0.568. The zero-order valence-electron chi connectivity index (χ0n) is 8.57. The predicted molar refractivity (Wildman–Crippen MR) is 56.6 cm³/mol. The first-order valence-electron chi connectivity index (χ1n) is 4.82. The zero-order valence-corrected chi connectivity index (χ0v) is 10.2. The van der Waals surface area contributed by atoms with Gasteiger partial charge in [0.1, 0.15) is 0 Å². The molecule has 86 valence electrons. The van der Waals surface area contributed by atoms with E-state index in [4.69, 9.17) is 4.74 Å². The summed E-state index contributed by atoms with van der Waals surface area (Å²) < 4.78 is 9.29. The SMILES string of the molecule is COC(=O)C(Br)OC(=O)N1CCCCC1. The Balaban J connectivity index is 2.36. The van der Waals surface area contributed by atoms with E-state index in [9.17, 15) is 9.59 Å². The Labute approximate surface area is 96.8 Å². The molecule has 1 aliphatic rings. The van der Waals surface area contributed by atoms with Crippen molar-refractivity contribution < 1.29 is 19.1 Å². The van der Waals surface area contributed by atoms with E-state index >= 15 is 0 Å². The van der Waals surface area contributed by atoms with Gasteiger partial charge in [0.15, 0.2) is 0 Å². The average molecular weight is 280 g/mol. The molecule has 0 aromatic carbocycles. The van der Waals surface area contributed by atoms with Crippen LogP contribution in [0.5, 0.6) is 0 Å². The van der Waals surface area contributed by atoms with Crippen molar-refractivity contribution in [2.75, 3.05) is 20.2 Å². The fourth-order valence-corrected chi connectivity index (χ4v) is 1.73. The molecule has 0 saturated carbocycles. The summed E-state index contributed by atoms with van der Waals surface area (Å²) in [6, 6.07) is 0. The van der Waals surface area contributed by atoms with Crippen LogP contribution >= 0.6 is 15.9 Å². The summed E-state index contributed by atoms with van der Waals surface area (Å²) in [5.41, 5.74) is 0. The van der Waals surface area contributed by atoms with Gasteiger partial charge in [-0.1, -0.05) is 0 Å². The van der Waals surface area contributed by atoms with Crippen molar-refractivity contribution in [2.24, 2.45) is 0 Å². The molecule has 5 nitrogen and oxygen atoms in total. The van der Waals surface area contributed by atoms with Crippen LogP contribution in [0.3, 0.4) is 0 Å². The third-order valence-electron chi connectivity index (χ3n) is 2.21. The Bertz CT molecular complexity index is 240. The lowest BCUT2D eigenvalue weighted by Crippen LogP contribution is -2.38. The van der Waals surface area contributed by atoms with Crippen LogP contribution in [-0.4, -0.2) is 42.2 Å². The summed E-state index contributed by atoms with van der Waals surface area (Å²) in [5, 5.41) is -1.02. The fraction of sp³-hybridized carbons (Fsp3) is 0.778. The topological polar surface area (TPSA) is 55.8 Å². The van der Waals surface area contributed by atoms with Crippen molar-refractivity contribution in [3.63, 3.8) is 0 Å². The normalized spacial score (nSPS) is 18.1. The molecule has 0 spiro atoms. The van der Waals surface area contributed by atoms with Crippen LogP contribution in [0.25, 0.3) is 0 Å². The maximum atomic E-state index is 11.5. The fourth-order valence-electron chi connectivity index (χ4n) is 1.38. The molecule has 6 heteroatoms. The zero-order chi connectivity index (χ0) is 11.3. The molecule has 0 aromatic rings. The lowest BCUT2D eigenvalue weighted by Gasteiger charge is -2.26. The maximum absolute atomic E-state index is 11.5. The highest BCUT2D eigenvalue weighted by atomic mass is 79.9. The monoisotopic (exact) mass is 279 g/mol. The molecule has 1 atom stereocenters. The van der Waals surface area contributed by atoms with Gasteiger partial charge in [0, 0.05) is 13.1 Å². The molecule has 15 heavy (non-hydrogen) atoms. The van der Waals surface area contributed by atoms with Gasteiger partial charge < -0.3 is 14.4 Å². The average Bonchev–Trinajstić information content (AvgIpc) is 2.29. The number of amides is 1. The highest BCUT2D eigenvalue weighted by Crippen LogP contribution is 2.12. The van der Waals surface area contributed by atoms with Crippen LogP contribution in [0, 0.1) is 0 Å². The first kappa shape index (κ1) is 12.3. The highest BCUT2D eigenvalue weighted by molar-refractivity contribution is 9.09. The van der Waals surface area contributed by atoms with Crippen LogP contribution in [0.1, 0.15) is 19.3 Å². The number of esters is 1. The van der Waals surface area contributed by atoms with Gasteiger partial charge in [0.25, 0.3) is 5.01 Å². The number of likely N-dealkylation sites (tertiary alicyclic amines) is 1. The van der Waals surface area contributed by atoms with Crippen LogP contribution < -0.4 is 0 Å². The smallest absolute Gasteiger partial charge is 0.411 e. The van der Waals surface area contributed by atoms with E-state index < -0.39 is 17.1 Å². The Morgan fingerprint density at radius 1 is 1.27 bits per heavy atom. The number of halogens is 1. The van der Waals surface area contributed by atoms with Crippen LogP contribution in [0.15, 0.2) is 0 Å². The van der Waals surface area contributed by atoms with Crippen LogP contribution in [-0.2, 0) is 14.3 Å². The van der Waals surface area contributed by atoms with E-state index in [2.05, 4.69) is 20.7 Å². The van der Waals surface area contributed by atoms with Crippen molar-refractivity contribution in [2.45, 2.75) is 24.3 Å². The van der Waals surface area contributed by atoms with Gasteiger partial charge in [-0.15, -0.1) is 0 Å². The molecule has 1 unspecified atom stereocenters. The van der Waals surface area contributed by atoms with Crippen molar-refractivity contribution in [1.82, 2.24) is 4.90 Å². The molecular weight excluding hydrogens is 266 g/mol. The number of rotatable bonds is 2. The second kappa shape index (κ2) is 5.95. The molecule has 1 fully saturated rings. The third-order valence-corrected chi connectivity index (χ3v) is 2.77. The van der Waals surface area contributed by atoms with Crippen molar-refractivity contribution in [3.05, 3.63) is 0 Å². The van der Waals surface area contributed by atoms with Crippen molar-refractivity contribution in [1.29, 1.82) is 0 Å². The predicted octanol–water partition coefficient (Wildman–Crippen LogP) is 1.50. The second-order valence-corrected chi connectivity index (χ2v) is 4.10. The standard InChI is InChI=1S/C9H14BrNO4/c1-14-8(12)7(10)15-9(13)11-5-3-2-4-6-11/h7H,2-6H2,1H3. The summed E-state index contributed by atoms with van der Waals surface area (Å²) in [6.45, 7) is 1.39. The summed E-state index contributed by atoms with van der Waals surface area (Å²) in [7, 11) is 1.24.